The minimum absolute atomic E-state index is 0.0355. The molecule has 0 N–H and O–H groups in total. The number of imidazole rings is 1. The van der Waals surface area contributed by atoms with Crippen LogP contribution >= 0.6 is 0 Å². The summed E-state index contributed by atoms with van der Waals surface area (Å²) in [7, 11) is 1.40. The van der Waals surface area contributed by atoms with Crippen LogP contribution in [0.5, 0.6) is 5.88 Å². The summed E-state index contributed by atoms with van der Waals surface area (Å²) in [5.41, 5.74) is 3.20. The first-order valence-electron chi connectivity index (χ1n) is 14.7. The molecule has 1 aliphatic carbocycles. The Morgan fingerprint density at radius 1 is 1.21 bits per heavy atom. The summed E-state index contributed by atoms with van der Waals surface area (Å²) in [5.74, 6) is 2.05. The van der Waals surface area contributed by atoms with E-state index < -0.39 is 5.82 Å². The largest absolute Gasteiger partial charge is 0.473 e. The van der Waals surface area contributed by atoms with Crippen molar-refractivity contribution in [1.82, 2.24) is 14.5 Å². The maximum Gasteiger partial charge on any atom is 0.337 e. The summed E-state index contributed by atoms with van der Waals surface area (Å²) in [6.07, 6.45) is 4.23. The number of benzene rings is 2. The van der Waals surface area contributed by atoms with Crippen LogP contribution in [-0.2, 0) is 29.0 Å². The molecule has 9 nitrogen and oxygen atoms in total. The van der Waals surface area contributed by atoms with Gasteiger partial charge >= 0.3 is 5.97 Å². The predicted molar refractivity (Wildman–Crippen MR) is 156 cm³/mol. The average Bonchev–Trinajstić information content (AvgIpc) is 3.62. The number of halogens is 1. The van der Waals surface area contributed by atoms with E-state index in [4.69, 9.17) is 29.4 Å². The van der Waals surface area contributed by atoms with Gasteiger partial charge in [-0.1, -0.05) is 12.1 Å². The van der Waals surface area contributed by atoms with Crippen molar-refractivity contribution in [3.05, 3.63) is 82.9 Å². The quantitative estimate of drug-likeness (QED) is 0.253. The van der Waals surface area contributed by atoms with Crippen molar-refractivity contribution in [3.63, 3.8) is 0 Å². The molecular weight excluding hydrogens is 549 g/mol. The van der Waals surface area contributed by atoms with Gasteiger partial charge in [0.1, 0.15) is 24.1 Å². The van der Waals surface area contributed by atoms with E-state index in [2.05, 4.69) is 9.47 Å². The number of aromatic nitrogens is 3. The summed E-state index contributed by atoms with van der Waals surface area (Å²) >= 11 is 0. The second-order valence-corrected chi connectivity index (χ2v) is 11.8. The smallest absolute Gasteiger partial charge is 0.337 e. The van der Waals surface area contributed by atoms with Crippen molar-refractivity contribution in [1.29, 1.82) is 5.26 Å². The fraction of sp³-hybridized carbons (Fsp3) is 0.394. The van der Waals surface area contributed by atoms with E-state index in [0.717, 1.165) is 74.6 Å². The normalized spacial score (nSPS) is 22.4. The molecule has 2 aromatic carbocycles. The number of esters is 1. The minimum Gasteiger partial charge on any atom is -0.473 e. The lowest BCUT2D eigenvalue weighted by atomic mass is 9.91. The van der Waals surface area contributed by atoms with E-state index in [1.165, 1.54) is 13.2 Å². The number of hydrogen-bond acceptors (Lipinski definition) is 8. The molecule has 3 fully saturated rings. The highest BCUT2D eigenvalue weighted by atomic mass is 19.1. The number of carbonyl (C=O) groups is 1. The molecule has 3 atom stereocenters. The molecule has 2 saturated heterocycles. The zero-order valence-electron chi connectivity index (χ0n) is 24.0. The summed E-state index contributed by atoms with van der Waals surface area (Å²) in [4.78, 5) is 24.3. The molecule has 0 spiro atoms. The van der Waals surface area contributed by atoms with Gasteiger partial charge in [-0.05, 0) is 67.0 Å². The van der Waals surface area contributed by atoms with E-state index in [1.807, 2.05) is 30.3 Å². The topological polar surface area (TPSA) is 102 Å². The highest BCUT2D eigenvalue weighted by molar-refractivity contribution is 5.93. The van der Waals surface area contributed by atoms with Crippen molar-refractivity contribution in [2.45, 2.75) is 44.9 Å². The van der Waals surface area contributed by atoms with Gasteiger partial charge in [-0.3, -0.25) is 0 Å². The van der Waals surface area contributed by atoms with Gasteiger partial charge in [0.2, 0.25) is 5.88 Å². The predicted octanol–water partition coefficient (Wildman–Crippen LogP) is 5.06. The van der Waals surface area contributed by atoms with Gasteiger partial charge < -0.3 is 23.7 Å². The van der Waals surface area contributed by atoms with Crippen molar-refractivity contribution in [3.8, 4) is 11.9 Å². The molecule has 43 heavy (non-hydrogen) atoms. The summed E-state index contributed by atoms with van der Waals surface area (Å²) in [6.45, 7) is 3.32. The molecule has 0 unspecified atom stereocenters. The Bertz CT molecular complexity index is 1750. The van der Waals surface area contributed by atoms with Crippen LogP contribution in [0, 0.1) is 28.5 Å². The summed E-state index contributed by atoms with van der Waals surface area (Å²) < 4.78 is 33.1. The molecule has 7 rings (SSSR count). The van der Waals surface area contributed by atoms with Crippen molar-refractivity contribution >= 4 is 22.8 Å². The lowest BCUT2D eigenvalue weighted by Gasteiger charge is -2.33. The first kappa shape index (κ1) is 27.3. The van der Waals surface area contributed by atoms with Gasteiger partial charge in [-0.2, -0.15) is 10.2 Å². The molecule has 10 heteroatoms. The number of rotatable bonds is 9. The van der Waals surface area contributed by atoms with E-state index >= 15 is 0 Å². The van der Waals surface area contributed by atoms with Gasteiger partial charge in [0, 0.05) is 37.7 Å². The molecule has 1 saturated carbocycles. The van der Waals surface area contributed by atoms with Crippen molar-refractivity contribution in [2.75, 3.05) is 31.7 Å². The SMILES string of the molecule is COC(=O)c1ccc2nc(C[C@]34CCN(c5cccc(OCc6ccc(C#N)cc6F)n5)C[C@H]3C4)n(C[C@@H]3CCO3)c2c1. The molecule has 220 valence electrons. The maximum absolute atomic E-state index is 14.3. The number of methoxy groups -OCH3 is 1. The molecule has 0 bridgehead atoms. The number of pyridine rings is 1. The van der Waals surface area contributed by atoms with Gasteiger partial charge in [-0.25, -0.2) is 14.2 Å². The Morgan fingerprint density at radius 3 is 2.84 bits per heavy atom. The van der Waals surface area contributed by atoms with Crippen LogP contribution in [0.25, 0.3) is 11.0 Å². The Morgan fingerprint density at radius 2 is 2.09 bits per heavy atom. The first-order valence-corrected chi connectivity index (χ1v) is 14.7. The Hall–Kier alpha value is -4.49. The number of anilines is 1. The second-order valence-electron chi connectivity index (χ2n) is 11.8. The van der Waals surface area contributed by atoms with Crippen LogP contribution in [0.2, 0.25) is 0 Å². The van der Waals surface area contributed by atoms with Crippen LogP contribution in [0.4, 0.5) is 10.2 Å². The number of carbonyl (C=O) groups excluding carboxylic acids is 1. The molecule has 3 aliphatic rings. The standard InChI is InChI=1S/C33H32FN5O4/c1-41-32(40)22-7-8-27-28(14-22)39(19-25-9-12-42-25)30(36-27)16-33-10-11-38(18-24(33)15-33)29-3-2-4-31(37-29)43-20-23-6-5-21(17-35)13-26(23)34/h2-8,13-14,24-25H,9-12,15-16,18-20H2,1H3/t24-,25+,33-/m1/s1. The zero-order chi connectivity index (χ0) is 29.6. The van der Waals surface area contributed by atoms with Crippen LogP contribution < -0.4 is 9.64 Å². The van der Waals surface area contributed by atoms with E-state index in [0.29, 0.717) is 22.9 Å². The minimum atomic E-state index is -0.464. The molecular formula is C33H32FN5O4. The van der Waals surface area contributed by atoms with Crippen LogP contribution in [0.3, 0.4) is 0 Å². The highest BCUT2D eigenvalue weighted by Gasteiger charge is 2.57. The van der Waals surface area contributed by atoms with Gasteiger partial charge in [0.15, 0.2) is 0 Å². The number of hydrogen-bond donors (Lipinski definition) is 0. The van der Waals surface area contributed by atoms with E-state index in [-0.39, 0.29) is 29.7 Å². The molecule has 4 heterocycles. The van der Waals surface area contributed by atoms with Crippen LogP contribution in [-0.4, -0.2) is 53.4 Å². The average molecular weight is 582 g/mol. The monoisotopic (exact) mass is 581 g/mol. The third-order valence-corrected chi connectivity index (χ3v) is 9.21. The third kappa shape index (κ3) is 5.30. The van der Waals surface area contributed by atoms with Crippen molar-refractivity contribution < 1.29 is 23.4 Å². The highest BCUT2D eigenvalue weighted by Crippen LogP contribution is 2.60. The number of nitriles is 1. The number of fused-ring (bicyclic) bond motifs is 2. The van der Waals surface area contributed by atoms with Crippen LogP contribution in [0.15, 0.2) is 54.6 Å². The number of nitrogens with zero attached hydrogens (tertiary/aromatic N) is 5. The number of ether oxygens (including phenoxy) is 3. The van der Waals surface area contributed by atoms with Gasteiger partial charge in [0.05, 0.1) is 48.0 Å². The Kier molecular flexibility index (Phi) is 6.98. The van der Waals surface area contributed by atoms with Crippen LogP contribution in [0.1, 0.15) is 46.6 Å². The van der Waals surface area contributed by atoms with Gasteiger partial charge in [0.25, 0.3) is 0 Å². The Balaban J connectivity index is 1.04. The summed E-state index contributed by atoms with van der Waals surface area (Å²) in [5, 5.41) is 8.96. The number of piperidine rings is 1. The van der Waals surface area contributed by atoms with E-state index in [9.17, 15) is 9.18 Å². The molecule has 4 aromatic rings. The fourth-order valence-electron chi connectivity index (χ4n) is 6.47. The molecule has 0 amide bonds. The lowest BCUT2D eigenvalue weighted by molar-refractivity contribution is -0.0591. The molecule has 2 aliphatic heterocycles. The van der Waals surface area contributed by atoms with E-state index in [1.54, 1.807) is 24.3 Å². The van der Waals surface area contributed by atoms with Crippen molar-refractivity contribution in [2.24, 2.45) is 11.3 Å². The third-order valence-electron chi connectivity index (χ3n) is 9.21. The fourth-order valence-corrected chi connectivity index (χ4v) is 6.47. The zero-order valence-corrected chi connectivity index (χ0v) is 24.0. The maximum atomic E-state index is 14.3. The van der Waals surface area contributed by atoms with Gasteiger partial charge in [-0.15, -0.1) is 0 Å². The lowest BCUT2D eigenvalue weighted by Crippen LogP contribution is -2.37. The summed E-state index contributed by atoms with van der Waals surface area (Å²) in [6, 6.07) is 17.6. The first-order chi connectivity index (χ1) is 20.9. The Labute approximate surface area is 248 Å². The molecule has 0 radical (unpaired) electrons. The molecule has 2 aromatic heterocycles. The second kappa shape index (κ2) is 11.0.